The van der Waals surface area contributed by atoms with Crippen molar-refractivity contribution in [1.29, 1.82) is 0 Å². The predicted molar refractivity (Wildman–Crippen MR) is 58.0 cm³/mol. The molecule has 3 heteroatoms. The van der Waals surface area contributed by atoms with Gasteiger partial charge >= 0.3 is 0 Å². The van der Waals surface area contributed by atoms with Gasteiger partial charge in [0.15, 0.2) is 11.5 Å². The fourth-order valence-corrected chi connectivity index (χ4v) is 1.76. The molecular formula is C12H16O3. The molecule has 0 amide bonds. The number of ether oxygens (including phenoxy) is 3. The molecule has 2 rings (SSSR count). The zero-order valence-corrected chi connectivity index (χ0v) is 9.21. The molecule has 0 atom stereocenters. The Hall–Kier alpha value is -1.38. The molecule has 0 saturated heterocycles. The monoisotopic (exact) mass is 208 g/mol. The lowest BCUT2D eigenvalue weighted by molar-refractivity contribution is 0.165. The lowest BCUT2D eigenvalue weighted by Crippen LogP contribution is -2.16. The van der Waals surface area contributed by atoms with E-state index in [1.165, 1.54) is 5.56 Å². The number of hydrogen-bond donors (Lipinski definition) is 0. The highest BCUT2D eigenvalue weighted by Gasteiger charge is 2.17. The third-order valence-corrected chi connectivity index (χ3v) is 2.43. The second kappa shape index (κ2) is 4.43. The van der Waals surface area contributed by atoms with E-state index in [1.54, 1.807) is 7.11 Å². The summed E-state index contributed by atoms with van der Waals surface area (Å²) in [6.07, 6.45) is 2.15. The first kappa shape index (κ1) is 10.1. The van der Waals surface area contributed by atoms with Crippen LogP contribution in [-0.4, -0.2) is 20.3 Å². The summed E-state index contributed by atoms with van der Waals surface area (Å²) in [7, 11) is 1.66. The van der Waals surface area contributed by atoms with Crippen molar-refractivity contribution < 1.29 is 14.2 Å². The summed E-state index contributed by atoms with van der Waals surface area (Å²) >= 11 is 0. The van der Waals surface area contributed by atoms with E-state index in [2.05, 4.69) is 6.92 Å². The van der Waals surface area contributed by atoms with E-state index in [1.807, 2.05) is 12.1 Å². The van der Waals surface area contributed by atoms with Crippen molar-refractivity contribution in [3.05, 3.63) is 17.7 Å². The largest absolute Gasteiger partial charge is 0.493 e. The van der Waals surface area contributed by atoms with E-state index in [9.17, 15) is 0 Å². The Morgan fingerprint density at radius 1 is 1.27 bits per heavy atom. The fourth-order valence-electron chi connectivity index (χ4n) is 1.76. The molecule has 1 aliphatic heterocycles. The maximum atomic E-state index is 5.55. The second-order valence-corrected chi connectivity index (χ2v) is 3.57. The van der Waals surface area contributed by atoms with Crippen molar-refractivity contribution in [2.45, 2.75) is 19.8 Å². The summed E-state index contributed by atoms with van der Waals surface area (Å²) in [6, 6.07) is 4.07. The molecule has 1 aliphatic rings. The van der Waals surface area contributed by atoms with Gasteiger partial charge in [0.2, 0.25) is 5.75 Å². The lowest BCUT2D eigenvalue weighted by atomic mass is 10.1. The molecule has 15 heavy (non-hydrogen) atoms. The van der Waals surface area contributed by atoms with E-state index < -0.39 is 0 Å². The Morgan fingerprint density at radius 3 is 2.80 bits per heavy atom. The average molecular weight is 208 g/mol. The summed E-state index contributed by atoms with van der Waals surface area (Å²) < 4.78 is 16.4. The third kappa shape index (κ3) is 2.01. The molecule has 0 fully saturated rings. The summed E-state index contributed by atoms with van der Waals surface area (Å²) in [6.45, 7) is 3.37. The van der Waals surface area contributed by atoms with Crippen molar-refractivity contribution >= 4 is 0 Å². The molecule has 0 aliphatic carbocycles. The predicted octanol–water partition coefficient (Wildman–Crippen LogP) is 2.42. The van der Waals surface area contributed by atoms with E-state index >= 15 is 0 Å². The van der Waals surface area contributed by atoms with Crippen molar-refractivity contribution in [3.63, 3.8) is 0 Å². The Bertz CT molecular complexity index is 330. The van der Waals surface area contributed by atoms with Crippen LogP contribution in [0.25, 0.3) is 0 Å². The molecule has 1 heterocycles. The number of aryl methyl sites for hydroxylation is 1. The van der Waals surface area contributed by atoms with Gasteiger partial charge in [0.1, 0.15) is 13.2 Å². The average Bonchev–Trinajstić information content (AvgIpc) is 2.28. The highest BCUT2D eigenvalue weighted by atomic mass is 16.6. The SMILES string of the molecule is CCCc1cc(OC)c2c(c1)OCCO2. The van der Waals surface area contributed by atoms with Gasteiger partial charge in [0.25, 0.3) is 0 Å². The van der Waals surface area contributed by atoms with Crippen LogP contribution >= 0.6 is 0 Å². The van der Waals surface area contributed by atoms with Gasteiger partial charge in [-0.25, -0.2) is 0 Å². The van der Waals surface area contributed by atoms with Crippen molar-refractivity contribution in [2.24, 2.45) is 0 Å². The summed E-state index contributed by atoms with van der Waals surface area (Å²) in [4.78, 5) is 0. The molecule has 0 bridgehead atoms. The maximum absolute atomic E-state index is 5.55. The quantitative estimate of drug-likeness (QED) is 0.763. The Kier molecular flexibility index (Phi) is 2.99. The Labute approximate surface area is 90.0 Å². The summed E-state index contributed by atoms with van der Waals surface area (Å²) in [5.41, 5.74) is 1.23. The highest BCUT2D eigenvalue weighted by Crippen LogP contribution is 2.40. The van der Waals surface area contributed by atoms with E-state index in [0.29, 0.717) is 13.2 Å². The first-order chi connectivity index (χ1) is 7.35. The molecule has 82 valence electrons. The number of benzene rings is 1. The van der Waals surface area contributed by atoms with Crippen LogP contribution in [0.2, 0.25) is 0 Å². The first-order valence-electron chi connectivity index (χ1n) is 5.31. The Morgan fingerprint density at radius 2 is 2.07 bits per heavy atom. The van der Waals surface area contributed by atoms with Gasteiger partial charge in [-0.05, 0) is 24.1 Å². The normalized spacial score (nSPS) is 13.7. The fraction of sp³-hybridized carbons (Fsp3) is 0.500. The van der Waals surface area contributed by atoms with Gasteiger partial charge in [-0.2, -0.15) is 0 Å². The van der Waals surface area contributed by atoms with Crippen molar-refractivity contribution in [2.75, 3.05) is 20.3 Å². The van der Waals surface area contributed by atoms with Gasteiger partial charge in [-0.3, -0.25) is 0 Å². The van der Waals surface area contributed by atoms with Crippen LogP contribution in [0.1, 0.15) is 18.9 Å². The molecule has 0 radical (unpaired) electrons. The molecule has 3 nitrogen and oxygen atoms in total. The van der Waals surface area contributed by atoms with E-state index in [4.69, 9.17) is 14.2 Å². The molecule has 0 aromatic heterocycles. The standard InChI is InChI=1S/C12H16O3/c1-3-4-9-7-10(13-2)12-11(8-9)14-5-6-15-12/h7-8H,3-6H2,1-2H3. The van der Waals surface area contributed by atoms with E-state index in [0.717, 1.165) is 30.1 Å². The van der Waals surface area contributed by atoms with Crippen LogP contribution in [-0.2, 0) is 6.42 Å². The van der Waals surface area contributed by atoms with Gasteiger partial charge in [-0.1, -0.05) is 13.3 Å². The van der Waals surface area contributed by atoms with E-state index in [-0.39, 0.29) is 0 Å². The molecule has 1 aromatic rings. The van der Waals surface area contributed by atoms with Crippen LogP contribution in [0, 0.1) is 0 Å². The minimum Gasteiger partial charge on any atom is -0.493 e. The second-order valence-electron chi connectivity index (χ2n) is 3.57. The minimum absolute atomic E-state index is 0.594. The highest BCUT2D eigenvalue weighted by molar-refractivity contribution is 5.54. The molecular weight excluding hydrogens is 192 g/mol. The molecule has 0 saturated carbocycles. The number of rotatable bonds is 3. The molecule has 0 spiro atoms. The minimum atomic E-state index is 0.594. The Balaban J connectivity index is 2.38. The summed E-state index contributed by atoms with van der Waals surface area (Å²) in [5.74, 6) is 2.32. The summed E-state index contributed by atoms with van der Waals surface area (Å²) in [5, 5.41) is 0. The van der Waals surface area contributed by atoms with Crippen LogP contribution in [0.3, 0.4) is 0 Å². The topological polar surface area (TPSA) is 27.7 Å². The lowest BCUT2D eigenvalue weighted by Gasteiger charge is -2.21. The van der Waals surface area contributed by atoms with Crippen molar-refractivity contribution in [1.82, 2.24) is 0 Å². The maximum Gasteiger partial charge on any atom is 0.203 e. The van der Waals surface area contributed by atoms with Gasteiger partial charge < -0.3 is 14.2 Å². The number of fused-ring (bicyclic) bond motifs is 1. The van der Waals surface area contributed by atoms with Gasteiger partial charge in [0.05, 0.1) is 7.11 Å². The van der Waals surface area contributed by atoms with Crippen molar-refractivity contribution in [3.8, 4) is 17.2 Å². The molecule has 0 N–H and O–H groups in total. The first-order valence-corrected chi connectivity index (χ1v) is 5.31. The van der Waals surface area contributed by atoms with Gasteiger partial charge in [0, 0.05) is 0 Å². The smallest absolute Gasteiger partial charge is 0.203 e. The van der Waals surface area contributed by atoms with Crippen LogP contribution in [0.4, 0.5) is 0 Å². The molecule has 0 unspecified atom stereocenters. The molecule has 1 aromatic carbocycles. The number of methoxy groups -OCH3 is 1. The third-order valence-electron chi connectivity index (χ3n) is 2.43. The van der Waals surface area contributed by atoms with Crippen LogP contribution in [0.5, 0.6) is 17.2 Å². The van der Waals surface area contributed by atoms with Gasteiger partial charge in [-0.15, -0.1) is 0 Å². The number of hydrogen-bond acceptors (Lipinski definition) is 3. The van der Waals surface area contributed by atoms with Crippen LogP contribution < -0.4 is 14.2 Å². The van der Waals surface area contributed by atoms with Crippen LogP contribution in [0.15, 0.2) is 12.1 Å². The zero-order valence-electron chi connectivity index (χ0n) is 9.21. The zero-order chi connectivity index (χ0) is 10.7.